The quantitative estimate of drug-likeness (QED) is 0.944. The summed E-state index contributed by atoms with van der Waals surface area (Å²) in [4.78, 5) is 28.9. The minimum absolute atomic E-state index is 0.121. The van der Waals surface area contributed by atoms with Crippen LogP contribution in [0, 0.1) is 11.8 Å². The third-order valence-electron chi connectivity index (χ3n) is 5.42. The molecule has 124 valence electrons. The highest BCUT2D eigenvalue weighted by molar-refractivity contribution is 6.04. The summed E-state index contributed by atoms with van der Waals surface area (Å²) in [5.74, 6) is 1.52. The van der Waals surface area contributed by atoms with E-state index in [-0.39, 0.29) is 11.8 Å². The van der Waals surface area contributed by atoms with E-state index in [0.29, 0.717) is 36.2 Å². The van der Waals surface area contributed by atoms with E-state index in [9.17, 15) is 9.59 Å². The molecule has 1 aromatic heterocycles. The number of Topliss-reactive ketones (excluding diaryl/α,β-unsaturated/α-hetero) is 1. The molecule has 4 rings (SSSR count). The lowest BCUT2D eigenvalue weighted by atomic mass is 9.97. The molecule has 2 unspecified atom stereocenters. The number of hydrogen-bond donors (Lipinski definition) is 1. The van der Waals surface area contributed by atoms with Crippen molar-refractivity contribution >= 4 is 17.4 Å². The molecule has 2 aliphatic rings. The number of para-hydroxylation sites is 1. The van der Waals surface area contributed by atoms with Gasteiger partial charge in [-0.2, -0.15) is 0 Å². The minimum Gasteiger partial charge on any atom is -0.329 e. The minimum atomic E-state index is -0.121. The van der Waals surface area contributed by atoms with E-state index in [0.717, 1.165) is 24.2 Å². The van der Waals surface area contributed by atoms with Crippen LogP contribution in [0.3, 0.4) is 0 Å². The molecule has 2 fully saturated rings. The molecule has 1 heterocycles. The van der Waals surface area contributed by atoms with Crippen molar-refractivity contribution in [2.45, 2.75) is 31.6 Å². The van der Waals surface area contributed by atoms with Crippen molar-refractivity contribution in [3.8, 4) is 0 Å². The normalized spacial score (nSPS) is 25.7. The zero-order chi connectivity index (χ0) is 16.7. The molecule has 5 nitrogen and oxygen atoms in total. The molecule has 2 aliphatic carbocycles. The average Bonchev–Trinajstić information content (AvgIpc) is 3.20. The Hall–Kier alpha value is -2.43. The molecule has 0 radical (unpaired) electrons. The highest BCUT2D eigenvalue weighted by atomic mass is 16.2. The number of nitrogens with zero attached hydrogens (tertiary/aromatic N) is 2. The van der Waals surface area contributed by atoms with Crippen LogP contribution in [0.25, 0.3) is 0 Å². The van der Waals surface area contributed by atoms with Gasteiger partial charge < -0.3 is 9.88 Å². The third kappa shape index (κ3) is 2.64. The maximum atomic E-state index is 12.7. The number of fused-ring (bicyclic) bond motifs is 1. The Morgan fingerprint density at radius 2 is 1.83 bits per heavy atom. The summed E-state index contributed by atoms with van der Waals surface area (Å²) in [6, 6.07) is 9.46. The first-order valence-electron chi connectivity index (χ1n) is 8.51. The van der Waals surface area contributed by atoms with Gasteiger partial charge in [-0.05, 0) is 36.8 Å². The number of anilines is 1. The summed E-state index contributed by atoms with van der Waals surface area (Å²) in [7, 11) is 1.86. The lowest BCUT2D eigenvalue weighted by Gasteiger charge is -2.12. The Balaban J connectivity index is 1.56. The lowest BCUT2D eigenvalue weighted by Crippen LogP contribution is -2.18. The first kappa shape index (κ1) is 15.1. The largest absolute Gasteiger partial charge is 0.329 e. The van der Waals surface area contributed by atoms with Gasteiger partial charge in [0.05, 0.1) is 12.0 Å². The van der Waals surface area contributed by atoms with Gasteiger partial charge in [0, 0.05) is 31.5 Å². The van der Waals surface area contributed by atoms with Crippen molar-refractivity contribution in [3.05, 3.63) is 48.0 Å². The molecule has 0 bridgehead atoms. The van der Waals surface area contributed by atoms with Gasteiger partial charge in [-0.15, -0.1) is 0 Å². The van der Waals surface area contributed by atoms with Crippen molar-refractivity contribution in [3.63, 3.8) is 0 Å². The second-order valence-electron chi connectivity index (χ2n) is 7.04. The topological polar surface area (TPSA) is 64.0 Å². The Morgan fingerprint density at radius 3 is 2.50 bits per heavy atom. The number of nitrogens with one attached hydrogen (secondary N) is 1. The van der Waals surface area contributed by atoms with Crippen LogP contribution in [-0.4, -0.2) is 21.2 Å². The summed E-state index contributed by atoms with van der Waals surface area (Å²) in [5.41, 5.74) is 2.30. The molecule has 2 saturated carbocycles. The molecule has 2 aromatic rings. The van der Waals surface area contributed by atoms with Gasteiger partial charge in [-0.1, -0.05) is 18.2 Å². The summed E-state index contributed by atoms with van der Waals surface area (Å²) in [6.45, 7) is 0. The molecule has 2 atom stereocenters. The second kappa shape index (κ2) is 5.89. The molecule has 0 spiro atoms. The van der Waals surface area contributed by atoms with Crippen molar-refractivity contribution in [2.75, 3.05) is 5.32 Å². The smallest absolute Gasteiger partial charge is 0.274 e. The standard InChI is InChI=1S/C19H21N3O2/c1-22-11-20-17(14-7-12-9-16(23)10-13(12)8-14)18(22)19(24)21-15-5-3-2-4-6-15/h2-6,11-14H,7-10H2,1H3,(H,21,24). The Labute approximate surface area is 141 Å². The van der Waals surface area contributed by atoms with Crippen molar-refractivity contribution in [1.29, 1.82) is 0 Å². The van der Waals surface area contributed by atoms with Crippen LogP contribution in [0.5, 0.6) is 0 Å². The van der Waals surface area contributed by atoms with Crippen LogP contribution in [0.1, 0.15) is 47.8 Å². The van der Waals surface area contributed by atoms with Crippen molar-refractivity contribution < 1.29 is 9.59 Å². The zero-order valence-corrected chi connectivity index (χ0v) is 13.7. The monoisotopic (exact) mass is 323 g/mol. The fourth-order valence-corrected chi connectivity index (χ4v) is 4.34. The van der Waals surface area contributed by atoms with Gasteiger partial charge in [0.25, 0.3) is 5.91 Å². The molecule has 5 heteroatoms. The first-order valence-corrected chi connectivity index (χ1v) is 8.51. The van der Waals surface area contributed by atoms with Crippen LogP contribution in [-0.2, 0) is 11.8 Å². The lowest BCUT2D eigenvalue weighted by molar-refractivity contribution is -0.117. The number of rotatable bonds is 3. The van der Waals surface area contributed by atoms with E-state index >= 15 is 0 Å². The highest BCUT2D eigenvalue weighted by Crippen LogP contribution is 2.49. The number of ketones is 1. The number of imidazole rings is 1. The Bertz CT molecular complexity index is 765. The Morgan fingerprint density at radius 1 is 1.17 bits per heavy atom. The number of benzene rings is 1. The van der Waals surface area contributed by atoms with Crippen molar-refractivity contribution in [2.24, 2.45) is 18.9 Å². The number of carbonyl (C=O) groups is 2. The summed E-state index contributed by atoms with van der Waals surface area (Å²) in [6.07, 6.45) is 5.08. The van der Waals surface area contributed by atoms with Gasteiger partial charge in [-0.25, -0.2) is 4.98 Å². The molecular formula is C19H21N3O2. The van der Waals surface area contributed by atoms with Crippen LogP contribution in [0.4, 0.5) is 5.69 Å². The SMILES string of the molecule is Cn1cnc(C2CC3CC(=O)CC3C2)c1C(=O)Nc1ccccc1. The highest BCUT2D eigenvalue weighted by Gasteiger charge is 2.43. The van der Waals surface area contributed by atoms with E-state index in [2.05, 4.69) is 10.3 Å². The number of aromatic nitrogens is 2. The molecule has 0 aliphatic heterocycles. The van der Waals surface area contributed by atoms with Gasteiger partial charge in [-0.3, -0.25) is 9.59 Å². The fraction of sp³-hybridized carbons (Fsp3) is 0.421. The first-order chi connectivity index (χ1) is 11.6. The van der Waals surface area contributed by atoms with E-state index in [1.807, 2.05) is 37.4 Å². The molecular weight excluding hydrogens is 302 g/mol. The summed E-state index contributed by atoms with van der Waals surface area (Å²) >= 11 is 0. The molecule has 24 heavy (non-hydrogen) atoms. The number of carbonyl (C=O) groups excluding carboxylic acids is 2. The predicted molar refractivity (Wildman–Crippen MR) is 90.8 cm³/mol. The van der Waals surface area contributed by atoms with E-state index in [1.165, 1.54) is 0 Å². The van der Waals surface area contributed by atoms with Gasteiger partial charge in [0.2, 0.25) is 0 Å². The van der Waals surface area contributed by atoms with Crippen LogP contribution < -0.4 is 5.32 Å². The number of aryl methyl sites for hydroxylation is 1. The summed E-state index contributed by atoms with van der Waals surface area (Å²) in [5, 5.41) is 2.95. The Kier molecular flexibility index (Phi) is 3.71. The maximum Gasteiger partial charge on any atom is 0.274 e. The van der Waals surface area contributed by atoms with Gasteiger partial charge >= 0.3 is 0 Å². The van der Waals surface area contributed by atoms with E-state index in [4.69, 9.17) is 0 Å². The number of amides is 1. The third-order valence-corrected chi connectivity index (χ3v) is 5.42. The van der Waals surface area contributed by atoms with Crippen molar-refractivity contribution in [1.82, 2.24) is 9.55 Å². The van der Waals surface area contributed by atoms with Crippen LogP contribution >= 0.6 is 0 Å². The van der Waals surface area contributed by atoms with Gasteiger partial charge in [0.15, 0.2) is 0 Å². The van der Waals surface area contributed by atoms with E-state index < -0.39 is 0 Å². The molecule has 1 amide bonds. The van der Waals surface area contributed by atoms with Crippen LogP contribution in [0.15, 0.2) is 36.7 Å². The van der Waals surface area contributed by atoms with E-state index in [1.54, 1.807) is 10.9 Å². The summed E-state index contributed by atoms with van der Waals surface area (Å²) < 4.78 is 1.80. The second-order valence-corrected chi connectivity index (χ2v) is 7.04. The molecule has 0 saturated heterocycles. The fourth-order valence-electron chi connectivity index (χ4n) is 4.34. The molecule has 1 aromatic carbocycles. The number of hydrogen-bond acceptors (Lipinski definition) is 3. The average molecular weight is 323 g/mol. The maximum absolute atomic E-state index is 12.7. The predicted octanol–water partition coefficient (Wildman–Crippen LogP) is 3.15. The zero-order valence-electron chi connectivity index (χ0n) is 13.7. The van der Waals surface area contributed by atoms with Crippen LogP contribution in [0.2, 0.25) is 0 Å². The molecule has 1 N–H and O–H groups in total. The van der Waals surface area contributed by atoms with Gasteiger partial charge in [0.1, 0.15) is 11.5 Å².